The molecule has 0 radical (unpaired) electrons. The molecule has 0 amide bonds. The van der Waals surface area contributed by atoms with Crippen molar-refractivity contribution in [2.45, 2.75) is 11.1 Å². The minimum atomic E-state index is 0. The van der Waals surface area contributed by atoms with Crippen LogP contribution in [0.1, 0.15) is 6.92 Å². The molecule has 3 heteroatoms. The van der Waals surface area contributed by atoms with Gasteiger partial charge in [0.1, 0.15) is 0 Å². The van der Waals surface area contributed by atoms with Gasteiger partial charge in [0.15, 0.2) is 0 Å². The Morgan fingerprint density at radius 1 is 1.78 bits per heavy atom. The molecule has 0 aromatic carbocycles. The molecule has 1 rings (SSSR count). The van der Waals surface area contributed by atoms with Gasteiger partial charge in [-0.25, -0.2) is 0 Å². The average molecular weight is 150 g/mol. The van der Waals surface area contributed by atoms with Crippen LogP contribution in [0.5, 0.6) is 0 Å². The number of rotatable bonds is 2. The number of hydrogen-bond acceptors (Lipinski definition) is 2. The summed E-state index contributed by atoms with van der Waals surface area (Å²) in [5, 5.41) is 3.04. The van der Waals surface area contributed by atoms with E-state index in [-0.39, 0.29) is 18.9 Å². The first-order valence-corrected chi connectivity index (χ1v) is 4.32. The van der Waals surface area contributed by atoms with Gasteiger partial charge in [0.05, 0.1) is 0 Å². The van der Waals surface area contributed by atoms with Gasteiger partial charge in [0, 0.05) is 0 Å². The normalized spacial score (nSPS) is 8.56. The fraction of sp³-hybridized carbons (Fsp3) is 0.333. The molecule has 1 aromatic rings. The summed E-state index contributed by atoms with van der Waals surface area (Å²) in [6.45, 7) is 2.16. The Morgan fingerprint density at radius 2 is 2.56 bits per heavy atom. The molecule has 0 saturated heterocycles. The summed E-state index contributed by atoms with van der Waals surface area (Å²) in [6, 6.07) is 4.06. The van der Waals surface area contributed by atoms with E-state index in [1.54, 1.807) is 11.3 Å². The Bertz CT molecular complexity index is 137. The van der Waals surface area contributed by atoms with Crippen molar-refractivity contribution in [2.75, 3.05) is 5.75 Å². The molecule has 0 fully saturated rings. The zero-order valence-corrected chi connectivity index (χ0v) is 7.31. The molecule has 0 aliphatic heterocycles. The van der Waals surface area contributed by atoms with Crippen molar-refractivity contribution < 1.29 is 18.9 Å². The molecule has 0 saturated carbocycles. The van der Waals surface area contributed by atoms with E-state index in [0.29, 0.717) is 0 Å². The van der Waals surface area contributed by atoms with Crippen molar-refractivity contribution >= 4 is 23.1 Å². The van der Waals surface area contributed by atoms with E-state index in [4.69, 9.17) is 0 Å². The third-order valence-corrected chi connectivity index (χ3v) is 2.64. The molecule has 0 atom stereocenters. The van der Waals surface area contributed by atoms with Crippen LogP contribution in [0.15, 0.2) is 16.3 Å². The van der Waals surface area contributed by atoms with Crippen LogP contribution in [0.25, 0.3) is 0 Å². The maximum absolute atomic E-state index is 3.04. The molecule has 9 heavy (non-hydrogen) atoms. The van der Waals surface area contributed by atoms with Crippen LogP contribution in [0.2, 0.25) is 0 Å². The topological polar surface area (TPSA) is 0 Å². The van der Waals surface area contributed by atoms with Crippen molar-refractivity contribution in [1.82, 2.24) is 0 Å². The molecule has 0 aliphatic carbocycles. The summed E-state index contributed by atoms with van der Waals surface area (Å²) in [6.07, 6.45) is 0. The Kier molecular flexibility index (Phi) is 5.82. The maximum Gasteiger partial charge on any atom is 1.00 e. The molecular formula is C6H7LiS2. The molecule has 1 aromatic heterocycles. The second-order valence-corrected chi connectivity index (χ2v) is 3.75. The summed E-state index contributed by atoms with van der Waals surface area (Å²) < 4.78 is 1.37. The molecular weight excluding hydrogens is 143 g/mol. The van der Waals surface area contributed by atoms with E-state index in [1.165, 1.54) is 4.21 Å². The van der Waals surface area contributed by atoms with E-state index < -0.39 is 0 Å². The molecule has 1 heterocycles. The summed E-state index contributed by atoms with van der Waals surface area (Å²) >= 11 is 3.55. The Labute approximate surface area is 76.2 Å². The molecule has 0 N–H and O–H groups in total. The van der Waals surface area contributed by atoms with Crippen molar-refractivity contribution in [2.24, 2.45) is 0 Å². The third kappa shape index (κ3) is 3.37. The van der Waals surface area contributed by atoms with Crippen LogP contribution in [0.3, 0.4) is 0 Å². The second kappa shape index (κ2) is 5.43. The van der Waals surface area contributed by atoms with Gasteiger partial charge in [-0.15, -0.1) is 5.38 Å². The molecule has 44 valence electrons. The second-order valence-electron chi connectivity index (χ2n) is 1.31. The van der Waals surface area contributed by atoms with Crippen LogP contribution < -0.4 is 18.9 Å². The molecule has 0 unspecified atom stereocenters. The third-order valence-electron chi connectivity index (χ3n) is 0.734. The first-order chi connectivity index (χ1) is 3.93. The first kappa shape index (κ1) is 9.65. The zero-order chi connectivity index (χ0) is 5.82. The largest absolute Gasteiger partial charge is 1.00 e. The van der Waals surface area contributed by atoms with Crippen molar-refractivity contribution in [3.63, 3.8) is 0 Å². The summed E-state index contributed by atoms with van der Waals surface area (Å²) in [5.41, 5.74) is 0. The van der Waals surface area contributed by atoms with Gasteiger partial charge in [-0.05, 0) is 5.75 Å². The van der Waals surface area contributed by atoms with Gasteiger partial charge in [0.25, 0.3) is 0 Å². The van der Waals surface area contributed by atoms with Crippen molar-refractivity contribution in [1.29, 1.82) is 0 Å². The van der Waals surface area contributed by atoms with Gasteiger partial charge >= 0.3 is 18.9 Å². The predicted octanol–water partition coefficient (Wildman–Crippen LogP) is -0.336. The molecule has 0 spiro atoms. The van der Waals surface area contributed by atoms with E-state index >= 15 is 0 Å². The van der Waals surface area contributed by atoms with Gasteiger partial charge in [-0.3, -0.25) is 11.3 Å². The monoisotopic (exact) mass is 150 g/mol. The smallest absolute Gasteiger partial charge is 0.290 e. The quantitative estimate of drug-likeness (QED) is 0.316. The van der Waals surface area contributed by atoms with Crippen LogP contribution in [0, 0.1) is 5.38 Å². The van der Waals surface area contributed by atoms with E-state index in [0.717, 1.165) is 5.75 Å². The van der Waals surface area contributed by atoms with Crippen molar-refractivity contribution in [3.8, 4) is 0 Å². The Hall–Kier alpha value is 0.647. The van der Waals surface area contributed by atoms with Gasteiger partial charge < -0.3 is 0 Å². The van der Waals surface area contributed by atoms with Gasteiger partial charge in [0.2, 0.25) is 0 Å². The molecule has 0 nitrogen and oxygen atoms in total. The van der Waals surface area contributed by atoms with E-state index in [2.05, 4.69) is 18.4 Å². The van der Waals surface area contributed by atoms with Gasteiger partial charge in [-0.1, -0.05) is 11.1 Å². The SMILES string of the molecule is CCSc1cc[c-]s1.[Li+]. The summed E-state index contributed by atoms with van der Waals surface area (Å²) in [7, 11) is 0. The Balaban J connectivity index is 0.000000640. The van der Waals surface area contributed by atoms with Crippen molar-refractivity contribution in [3.05, 3.63) is 17.5 Å². The zero-order valence-electron chi connectivity index (χ0n) is 5.68. The standard InChI is InChI=1S/C6H7S2.Li/c1-2-7-6-4-3-5-8-6;/h3-4H,2H2,1H3;/q-1;+1. The van der Waals surface area contributed by atoms with Crippen LogP contribution in [-0.4, -0.2) is 5.75 Å². The fourth-order valence-corrected chi connectivity index (χ4v) is 2.02. The minimum Gasteiger partial charge on any atom is -0.290 e. The number of thiophene rings is 1. The average Bonchev–Trinajstić information content (AvgIpc) is 2.19. The number of hydrogen-bond donors (Lipinski definition) is 0. The van der Waals surface area contributed by atoms with Crippen LogP contribution in [-0.2, 0) is 0 Å². The molecule has 0 bridgehead atoms. The van der Waals surface area contributed by atoms with E-state index in [1.807, 2.05) is 17.8 Å². The van der Waals surface area contributed by atoms with E-state index in [9.17, 15) is 0 Å². The van der Waals surface area contributed by atoms with Gasteiger partial charge in [-0.2, -0.15) is 23.9 Å². The Morgan fingerprint density at radius 3 is 3.00 bits per heavy atom. The number of thioether (sulfide) groups is 1. The molecule has 0 aliphatic rings. The summed E-state index contributed by atoms with van der Waals surface area (Å²) in [4.78, 5) is 0. The first-order valence-electron chi connectivity index (χ1n) is 2.52. The predicted molar refractivity (Wildman–Crippen MR) is 39.6 cm³/mol. The fourth-order valence-electron chi connectivity index (χ4n) is 0.448. The van der Waals surface area contributed by atoms with Crippen LogP contribution in [0.4, 0.5) is 0 Å². The van der Waals surface area contributed by atoms with Crippen LogP contribution >= 0.6 is 23.1 Å². The maximum atomic E-state index is 3.04. The summed E-state index contributed by atoms with van der Waals surface area (Å²) in [5.74, 6) is 1.16. The minimum absolute atomic E-state index is 0.